The van der Waals surface area contributed by atoms with E-state index in [-0.39, 0.29) is 18.6 Å². The van der Waals surface area contributed by atoms with Crippen molar-refractivity contribution in [1.82, 2.24) is 20.3 Å². The van der Waals surface area contributed by atoms with E-state index in [1.165, 1.54) is 12.4 Å². The highest BCUT2D eigenvalue weighted by atomic mass is 35.5. The number of halogens is 1. The number of pyridine rings is 1. The number of nitrogens with one attached hydrogen (secondary N) is 2. The molecule has 8 nitrogen and oxygen atoms in total. The number of aromatic nitrogens is 3. The summed E-state index contributed by atoms with van der Waals surface area (Å²) in [6, 6.07) is 15.5. The van der Waals surface area contributed by atoms with Crippen LogP contribution in [-0.4, -0.2) is 32.9 Å². The van der Waals surface area contributed by atoms with Crippen LogP contribution in [0.1, 0.15) is 21.6 Å². The highest BCUT2D eigenvalue weighted by Crippen LogP contribution is 2.17. The van der Waals surface area contributed by atoms with E-state index in [2.05, 4.69) is 20.3 Å². The molecule has 0 saturated heterocycles. The smallest absolute Gasteiger partial charge is 0.329 e. The lowest BCUT2D eigenvalue weighted by molar-refractivity contribution is -0.147. The summed E-state index contributed by atoms with van der Waals surface area (Å²) >= 11 is 5.90. The van der Waals surface area contributed by atoms with Crippen molar-refractivity contribution in [3.63, 3.8) is 0 Å². The van der Waals surface area contributed by atoms with Crippen LogP contribution < -0.4 is 10.9 Å². The zero-order valence-corrected chi connectivity index (χ0v) is 18.1. The Labute approximate surface area is 193 Å². The molecule has 2 N–H and O–H groups in total. The maximum Gasteiger partial charge on any atom is 0.329 e. The summed E-state index contributed by atoms with van der Waals surface area (Å²) in [5.41, 5.74) is 1.79. The second kappa shape index (κ2) is 10.1. The molecular formula is C24H19ClN4O4. The van der Waals surface area contributed by atoms with Gasteiger partial charge < -0.3 is 15.0 Å². The average molecular weight is 463 g/mol. The molecule has 1 amide bonds. The lowest BCUT2D eigenvalue weighted by atomic mass is 10.0. The maximum absolute atomic E-state index is 13.0. The summed E-state index contributed by atoms with van der Waals surface area (Å²) in [5, 5.41) is 3.98. The van der Waals surface area contributed by atoms with Crippen molar-refractivity contribution in [3.8, 4) is 0 Å². The summed E-state index contributed by atoms with van der Waals surface area (Å²) < 4.78 is 5.41. The van der Waals surface area contributed by atoms with Crippen molar-refractivity contribution in [3.05, 3.63) is 105 Å². The molecule has 0 aliphatic carbocycles. The van der Waals surface area contributed by atoms with Crippen LogP contribution in [0.15, 0.2) is 78.0 Å². The molecule has 4 rings (SSSR count). The fraction of sp³-hybridized carbons (Fsp3) is 0.125. The van der Waals surface area contributed by atoms with E-state index < -0.39 is 17.9 Å². The summed E-state index contributed by atoms with van der Waals surface area (Å²) in [5.74, 6) is -1.12. The van der Waals surface area contributed by atoms with Crippen LogP contribution in [-0.2, 0) is 22.6 Å². The van der Waals surface area contributed by atoms with E-state index in [9.17, 15) is 14.4 Å². The maximum atomic E-state index is 13.0. The fourth-order valence-corrected chi connectivity index (χ4v) is 3.48. The van der Waals surface area contributed by atoms with Gasteiger partial charge >= 0.3 is 5.97 Å². The Morgan fingerprint density at radius 2 is 1.88 bits per heavy atom. The number of hydrogen-bond acceptors (Lipinski definition) is 6. The number of aromatic amines is 1. The van der Waals surface area contributed by atoms with E-state index >= 15 is 0 Å². The molecule has 1 atom stereocenters. The molecule has 2 aromatic heterocycles. The quantitative estimate of drug-likeness (QED) is 0.408. The van der Waals surface area contributed by atoms with Crippen LogP contribution in [0.2, 0.25) is 5.02 Å². The number of ether oxygens (including phenoxy) is 1. The van der Waals surface area contributed by atoms with Crippen LogP contribution in [0.5, 0.6) is 0 Å². The molecule has 166 valence electrons. The van der Waals surface area contributed by atoms with Crippen LogP contribution in [0, 0.1) is 0 Å². The van der Waals surface area contributed by atoms with Crippen LogP contribution in [0.4, 0.5) is 0 Å². The summed E-state index contributed by atoms with van der Waals surface area (Å²) in [6.45, 7) is -0.0786. The number of rotatable bonds is 7. The Morgan fingerprint density at radius 1 is 1.09 bits per heavy atom. The van der Waals surface area contributed by atoms with Gasteiger partial charge in [0.05, 0.1) is 5.69 Å². The Hall–Kier alpha value is -4.04. The minimum atomic E-state index is -1.04. The minimum Gasteiger partial charge on any atom is -0.458 e. The van der Waals surface area contributed by atoms with Gasteiger partial charge in [0, 0.05) is 40.2 Å². The summed E-state index contributed by atoms with van der Waals surface area (Å²) in [4.78, 5) is 48.6. The van der Waals surface area contributed by atoms with Gasteiger partial charge in [-0.25, -0.2) is 14.8 Å². The first kappa shape index (κ1) is 22.2. The van der Waals surface area contributed by atoms with Gasteiger partial charge in [-0.1, -0.05) is 29.8 Å². The minimum absolute atomic E-state index is 0.0619. The molecule has 0 radical (unpaired) electrons. The van der Waals surface area contributed by atoms with Gasteiger partial charge in [0.15, 0.2) is 0 Å². The van der Waals surface area contributed by atoms with E-state index in [0.29, 0.717) is 27.4 Å². The van der Waals surface area contributed by atoms with E-state index in [1.807, 2.05) is 12.1 Å². The number of nitrogens with zero attached hydrogens (tertiary/aromatic N) is 2. The molecule has 0 bridgehead atoms. The Morgan fingerprint density at radius 3 is 2.64 bits per heavy atom. The number of carbonyl (C=O) groups excluding carboxylic acids is 2. The highest BCUT2D eigenvalue weighted by Gasteiger charge is 2.25. The van der Waals surface area contributed by atoms with Crippen molar-refractivity contribution >= 4 is 34.4 Å². The number of hydrogen-bond donors (Lipinski definition) is 2. The first-order valence-electron chi connectivity index (χ1n) is 10.1. The van der Waals surface area contributed by atoms with Crippen molar-refractivity contribution in [2.45, 2.75) is 19.1 Å². The van der Waals surface area contributed by atoms with E-state index in [0.717, 1.165) is 5.39 Å². The molecule has 0 aliphatic heterocycles. The van der Waals surface area contributed by atoms with Crippen molar-refractivity contribution in [1.29, 1.82) is 0 Å². The van der Waals surface area contributed by atoms with Gasteiger partial charge in [-0.15, -0.1) is 0 Å². The number of H-pyrrole nitrogens is 1. The Kier molecular flexibility index (Phi) is 6.75. The third-order valence-corrected chi connectivity index (χ3v) is 5.21. The molecular weight excluding hydrogens is 444 g/mol. The Balaban J connectivity index is 1.60. The number of para-hydroxylation sites is 1. The molecule has 0 aliphatic rings. The zero-order chi connectivity index (χ0) is 23.2. The summed E-state index contributed by atoms with van der Waals surface area (Å²) in [7, 11) is 0. The second-order valence-electron chi connectivity index (χ2n) is 7.25. The van der Waals surface area contributed by atoms with Crippen LogP contribution in [0.3, 0.4) is 0 Å². The van der Waals surface area contributed by atoms with Gasteiger partial charge in [-0.05, 0) is 42.0 Å². The lowest BCUT2D eigenvalue weighted by Crippen LogP contribution is -2.43. The number of amides is 1. The molecule has 2 heterocycles. The monoisotopic (exact) mass is 462 g/mol. The first-order valence-corrected chi connectivity index (χ1v) is 10.5. The zero-order valence-electron chi connectivity index (χ0n) is 17.3. The van der Waals surface area contributed by atoms with Crippen LogP contribution in [0.25, 0.3) is 10.9 Å². The molecule has 1 unspecified atom stereocenters. The molecule has 0 spiro atoms. The predicted octanol–water partition coefficient (Wildman–Crippen LogP) is 3.06. The third kappa shape index (κ3) is 5.61. The predicted molar refractivity (Wildman–Crippen MR) is 123 cm³/mol. The largest absolute Gasteiger partial charge is 0.458 e. The van der Waals surface area contributed by atoms with Gasteiger partial charge in [-0.3, -0.25) is 9.59 Å². The van der Waals surface area contributed by atoms with Gasteiger partial charge in [0.1, 0.15) is 19.0 Å². The summed E-state index contributed by atoms with van der Waals surface area (Å²) in [6.07, 6.45) is 2.95. The lowest BCUT2D eigenvalue weighted by Gasteiger charge is -2.19. The van der Waals surface area contributed by atoms with Gasteiger partial charge in [-0.2, -0.15) is 0 Å². The van der Waals surface area contributed by atoms with E-state index in [1.54, 1.807) is 48.7 Å². The number of fused-ring (bicyclic) bond motifs is 1. The van der Waals surface area contributed by atoms with Crippen molar-refractivity contribution in [2.24, 2.45) is 0 Å². The van der Waals surface area contributed by atoms with Gasteiger partial charge in [0.2, 0.25) is 5.56 Å². The first-order chi connectivity index (χ1) is 16.0. The fourth-order valence-electron chi connectivity index (χ4n) is 3.35. The van der Waals surface area contributed by atoms with Crippen LogP contribution >= 0.6 is 11.6 Å². The standard InChI is InChI=1S/C24H19ClN4O4/c25-17-7-5-15(6-8-17)23(31)29-21(24(32)33-13-18-9-10-26-14-27-18)11-16-12-22(30)28-20-4-2-1-3-19(16)20/h1-10,12,14,21H,11,13H2,(H,28,30)(H,29,31). The normalized spacial score (nSPS) is 11.7. The SMILES string of the molecule is O=C(NC(Cc1cc(=O)[nH]c2ccccc12)C(=O)OCc1ccncn1)c1ccc(Cl)cc1. The number of carbonyl (C=O) groups is 2. The Bertz CT molecular complexity index is 1340. The van der Waals surface area contributed by atoms with Gasteiger partial charge in [0.25, 0.3) is 5.91 Å². The topological polar surface area (TPSA) is 114 Å². The van der Waals surface area contributed by atoms with E-state index in [4.69, 9.17) is 16.3 Å². The number of benzene rings is 2. The molecule has 2 aromatic carbocycles. The number of esters is 1. The second-order valence-corrected chi connectivity index (χ2v) is 7.69. The highest BCUT2D eigenvalue weighted by molar-refractivity contribution is 6.30. The molecule has 33 heavy (non-hydrogen) atoms. The third-order valence-electron chi connectivity index (χ3n) is 4.96. The van der Waals surface area contributed by atoms with Crippen molar-refractivity contribution in [2.75, 3.05) is 0 Å². The van der Waals surface area contributed by atoms with Crippen molar-refractivity contribution < 1.29 is 14.3 Å². The molecule has 0 fully saturated rings. The molecule has 4 aromatic rings. The molecule has 0 saturated carbocycles. The average Bonchev–Trinajstić information content (AvgIpc) is 2.83. The molecule has 9 heteroatoms.